The molecule has 3 aromatic rings. The Bertz CT molecular complexity index is 1060. The third-order valence-electron chi connectivity index (χ3n) is 4.04. The number of ether oxygens (including phenoxy) is 2. The number of carbonyl (C=O) groups is 2. The highest BCUT2D eigenvalue weighted by Gasteiger charge is 2.28. The summed E-state index contributed by atoms with van der Waals surface area (Å²) in [5, 5.41) is 20.2. The third-order valence-corrected chi connectivity index (χ3v) is 4.04. The molecule has 0 bridgehead atoms. The Kier molecular flexibility index (Phi) is 4.11. The van der Waals surface area contributed by atoms with Gasteiger partial charge in [0.15, 0.2) is 0 Å². The summed E-state index contributed by atoms with van der Waals surface area (Å²) in [7, 11) is 0. The van der Waals surface area contributed by atoms with Gasteiger partial charge in [0.2, 0.25) is 10.9 Å². The molecule has 0 aliphatic heterocycles. The maximum absolute atomic E-state index is 12.4. The van der Waals surface area contributed by atoms with Gasteiger partial charge >= 0.3 is 11.9 Å². The molecule has 0 radical (unpaired) electrons. The molecule has 0 aliphatic rings. The van der Waals surface area contributed by atoms with Gasteiger partial charge in [0.05, 0.1) is 13.2 Å². The Morgan fingerprint density at radius 1 is 0.769 bits per heavy atom. The summed E-state index contributed by atoms with van der Waals surface area (Å²) >= 11 is 0. The van der Waals surface area contributed by atoms with Crippen LogP contribution in [-0.2, 0) is 9.47 Å². The van der Waals surface area contributed by atoms with E-state index in [2.05, 4.69) is 0 Å². The van der Waals surface area contributed by atoms with Crippen LogP contribution in [0.1, 0.15) is 34.6 Å². The van der Waals surface area contributed by atoms with Gasteiger partial charge in [0.25, 0.3) is 0 Å². The van der Waals surface area contributed by atoms with Crippen molar-refractivity contribution < 1.29 is 29.3 Å². The van der Waals surface area contributed by atoms with E-state index in [9.17, 15) is 29.4 Å². The van der Waals surface area contributed by atoms with Crippen molar-refractivity contribution in [1.29, 1.82) is 0 Å². The molecule has 8 heteroatoms. The highest BCUT2D eigenvalue weighted by Crippen LogP contribution is 2.36. The largest absolute Gasteiger partial charge is 0.506 e. The molecule has 0 unspecified atom stereocenters. The second-order valence-corrected chi connectivity index (χ2v) is 5.49. The van der Waals surface area contributed by atoms with Crippen LogP contribution in [0.3, 0.4) is 0 Å². The highest BCUT2D eigenvalue weighted by atomic mass is 16.5. The van der Waals surface area contributed by atoms with Crippen molar-refractivity contribution in [2.45, 2.75) is 13.8 Å². The quantitative estimate of drug-likeness (QED) is 0.669. The first-order valence-corrected chi connectivity index (χ1v) is 7.82. The highest BCUT2D eigenvalue weighted by molar-refractivity contribution is 6.13. The van der Waals surface area contributed by atoms with E-state index in [1.807, 2.05) is 0 Å². The molecule has 26 heavy (non-hydrogen) atoms. The fraction of sp³-hybridized carbons (Fsp3) is 0.222. The minimum absolute atomic E-state index is 0.0145. The van der Waals surface area contributed by atoms with Gasteiger partial charge in [-0.2, -0.15) is 0 Å². The average molecular weight is 358 g/mol. The first-order valence-electron chi connectivity index (χ1n) is 7.82. The van der Waals surface area contributed by atoms with Crippen molar-refractivity contribution in [2.75, 3.05) is 13.2 Å². The molecule has 3 aromatic carbocycles. The molecule has 8 nitrogen and oxygen atoms in total. The molecule has 0 amide bonds. The molecule has 0 fully saturated rings. The summed E-state index contributed by atoms with van der Waals surface area (Å²) in [6, 6.07) is 2.32. The van der Waals surface area contributed by atoms with Crippen LogP contribution in [-0.4, -0.2) is 35.4 Å². The number of hydrogen-bond acceptors (Lipinski definition) is 8. The molecule has 3 rings (SSSR count). The molecule has 0 saturated heterocycles. The average Bonchev–Trinajstić information content (AvgIpc) is 2.98. The Morgan fingerprint density at radius 2 is 1.12 bits per heavy atom. The van der Waals surface area contributed by atoms with E-state index in [0.717, 1.165) is 6.07 Å². The van der Waals surface area contributed by atoms with Gasteiger partial charge in [0.1, 0.15) is 22.6 Å². The second-order valence-electron chi connectivity index (χ2n) is 5.49. The zero-order chi connectivity index (χ0) is 19.2. The Morgan fingerprint density at radius 3 is 1.46 bits per heavy atom. The standard InChI is InChI=1S/C18H14O8/c1-3-25-17(23)11-13(19)7-5-9-10(6-8(7)14(11)20)16(22)12(15(9)21)18(24)26-4-2/h5-6,19,21H,3-4H2,1-2H3. The number of esters is 2. The van der Waals surface area contributed by atoms with Crippen LogP contribution in [0.2, 0.25) is 0 Å². The van der Waals surface area contributed by atoms with Crippen LogP contribution in [0.15, 0.2) is 21.7 Å². The lowest BCUT2D eigenvalue weighted by atomic mass is 10.1. The maximum Gasteiger partial charge on any atom is 0.345 e. The van der Waals surface area contributed by atoms with Crippen molar-refractivity contribution in [3.63, 3.8) is 0 Å². The molecule has 0 atom stereocenters. The first-order chi connectivity index (χ1) is 12.3. The van der Waals surface area contributed by atoms with Gasteiger partial charge < -0.3 is 19.7 Å². The van der Waals surface area contributed by atoms with E-state index >= 15 is 0 Å². The monoisotopic (exact) mass is 358 g/mol. The number of aromatic hydroxyl groups is 2. The van der Waals surface area contributed by atoms with Gasteiger partial charge in [-0.25, -0.2) is 9.59 Å². The summed E-state index contributed by atoms with van der Waals surface area (Å²) < 4.78 is 9.50. The molecule has 0 aromatic heterocycles. The van der Waals surface area contributed by atoms with Gasteiger partial charge in [0, 0.05) is 21.5 Å². The smallest absolute Gasteiger partial charge is 0.345 e. The van der Waals surface area contributed by atoms with Crippen molar-refractivity contribution in [1.82, 2.24) is 0 Å². The van der Waals surface area contributed by atoms with Crippen LogP contribution in [0.25, 0.3) is 21.5 Å². The predicted molar refractivity (Wildman–Crippen MR) is 91.6 cm³/mol. The molecular weight excluding hydrogens is 344 g/mol. The predicted octanol–water partition coefficient (Wildman–Crippen LogP) is 1.35. The van der Waals surface area contributed by atoms with E-state index in [4.69, 9.17) is 9.47 Å². The van der Waals surface area contributed by atoms with Crippen molar-refractivity contribution in [3.05, 3.63) is 43.7 Å². The Labute approximate surface area is 145 Å². The van der Waals surface area contributed by atoms with Crippen LogP contribution in [0.4, 0.5) is 0 Å². The van der Waals surface area contributed by atoms with Gasteiger partial charge in [-0.1, -0.05) is 0 Å². The normalized spacial score (nSPS) is 11.2. The number of carbonyl (C=O) groups excluding carboxylic acids is 2. The fourth-order valence-corrected chi connectivity index (χ4v) is 2.91. The van der Waals surface area contributed by atoms with Crippen LogP contribution in [0, 0.1) is 0 Å². The second kappa shape index (κ2) is 6.14. The van der Waals surface area contributed by atoms with Crippen molar-refractivity contribution >= 4 is 33.5 Å². The number of hydrogen-bond donors (Lipinski definition) is 2. The first kappa shape index (κ1) is 17.4. The number of benzene rings is 1. The lowest BCUT2D eigenvalue weighted by Crippen LogP contribution is -2.14. The van der Waals surface area contributed by atoms with Crippen LogP contribution in [0.5, 0.6) is 11.5 Å². The van der Waals surface area contributed by atoms with Gasteiger partial charge in [-0.15, -0.1) is 0 Å². The minimum Gasteiger partial charge on any atom is -0.506 e. The summed E-state index contributed by atoms with van der Waals surface area (Å²) in [5.74, 6) is -3.17. The van der Waals surface area contributed by atoms with E-state index in [0.29, 0.717) is 0 Å². The zero-order valence-electron chi connectivity index (χ0n) is 13.9. The van der Waals surface area contributed by atoms with Gasteiger partial charge in [-0.3, -0.25) is 9.59 Å². The van der Waals surface area contributed by atoms with E-state index < -0.39 is 45.4 Å². The van der Waals surface area contributed by atoms with Crippen molar-refractivity contribution in [3.8, 4) is 11.5 Å². The van der Waals surface area contributed by atoms with Crippen LogP contribution < -0.4 is 10.9 Å². The number of fused-ring (bicyclic) bond motifs is 2. The summed E-state index contributed by atoms with van der Waals surface area (Å²) in [4.78, 5) is 48.6. The molecule has 0 saturated carbocycles. The van der Waals surface area contributed by atoms with E-state index in [1.54, 1.807) is 13.8 Å². The molecule has 0 heterocycles. The zero-order valence-corrected chi connectivity index (χ0v) is 13.9. The Hall–Kier alpha value is -3.42. The number of rotatable bonds is 4. The molecule has 2 N–H and O–H groups in total. The van der Waals surface area contributed by atoms with Crippen molar-refractivity contribution in [2.24, 2.45) is 0 Å². The lowest BCUT2D eigenvalue weighted by Gasteiger charge is -1.99. The lowest BCUT2D eigenvalue weighted by molar-refractivity contribution is 0.0512. The molecule has 134 valence electrons. The van der Waals surface area contributed by atoms with Crippen LogP contribution >= 0.6 is 0 Å². The van der Waals surface area contributed by atoms with E-state index in [1.165, 1.54) is 6.07 Å². The topological polar surface area (TPSA) is 127 Å². The molecule has 0 aliphatic carbocycles. The SMILES string of the molecule is CCOC(=O)c1c(O)c2cc3c(O)c(C(=O)OCC)c(=O)c3cc2c1=O. The molecule has 0 spiro atoms. The third kappa shape index (κ3) is 2.30. The maximum atomic E-state index is 12.4. The summed E-state index contributed by atoms with van der Waals surface area (Å²) in [6.45, 7) is 3.13. The van der Waals surface area contributed by atoms with Gasteiger partial charge in [-0.05, 0) is 26.0 Å². The van der Waals surface area contributed by atoms with E-state index in [-0.39, 0.29) is 34.8 Å². The fourth-order valence-electron chi connectivity index (χ4n) is 2.91. The Balaban J connectivity index is 2.35. The summed E-state index contributed by atoms with van der Waals surface area (Å²) in [6.07, 6.45) is 0. The minimum atomic E-state index is -0.982. The molecular formula is C18H14O8. The summed E-state index contributed by atoms with van der Waals surface area (Å²) in [5.41, 5.74) is -2.66.